The highest BCUT2D eigenvalue weighted by Crippen LogP contribution is 2.10. The van der Waals surface area contributed by atoms with Crippen LogP contribution in [0.2, 0.25) is 0 Å². The van der Waals surface area contributed by atoms with Crippen LogP contribution in [0, 0.1) is 18.2 Å². The van der Waals surface area contributed by atoms with Crippen LogP contribution in [0.4, 0.5) is 4.39 Å². The van der Waals surface area contributed by atoms with E-state index in [1.165, 1.54) is 12.1 Å². The Labute approximate surface area is 75.8 Å². The smallest absolute Gasteiger partial charge is 0.126 e. The zero-order chi connectivity index (χ0) is 9.84. The van der Waals surface area contributed by atoms with Crippen molar-refractivity contribution < 1.29 is 9.50 Å². The minimum Gasteiger partial charge on any atom is -0.859 e. The molecule has 2 nitrogen and oxygen atoms in total. The molecule has 0 amide bonds. The molecule has 3 heteroatoms. The van der Waals surface area contributed by atoms with Crippen molar-refractivity contribution in [3.8, 4) is 0 Å². The first-order valence-corrected chi connectivity index (χ1v) is 3.79. The molecule has 0 heterocycles. The van der Waals surface area contributed by atoms with Gasteiger partial charge in [0.15, 0.2) is 0 Å². The first-order valence-electron chi connectivity index (χ1n) is 3.79. The summed E-state index contributed by atoms with van der Waals surface area (Å²) in [5, 5.41) is 16.9. The predicted octanol–water partition coefficient (Wildman–Crippen LogP) is 1.48. The van der Waals surface area contributed by atoms with Crippen molar-refractivity contribution in [2.24, 2.45) is 0 Å². The molecule has 0 saturated carbocycles. The van der Waals surface area contributed by atoms with Crippen LogP contribution in [-0.2, 0) is 0 Å². The van der Waals surface area contributed by atoms with Gasteiger partial charge in [0.2, 0.25) is 0 Å². The molecule has 1 aromatic rings. The normalized spacial score (nSPS) is 10.6. The molecule has 1 rings (SSSR count). The van der Waals surface area contributed by atoms with Crippen molar-refractivity contribution in [3.05, 3.63) is 41.2 Å². The monoisotopic (exact) mass is 178 g/mol. The fraction of sp³-hybridized carbons (Fsp3) is 0.100. The number of benzene rings is 1. The summed E-state index contributed by atoms with van der Waals surface area (Å²) in [6.07, 6.45) is 2.50. The average molecular weight is 178 g/mol. The minimum atomic E-state index is -0.791. The van der Waals surface area contributed by atoms with Crippen LogP contribution in [0.25, 0.3) is 6.08 Å². The summed E-state index contributed by atoms with van der Waals surface area (Å²) in [4.78, 5) is 0. The summed E-state index contributed by atoms with van der Waals surface area (Å²) in [5.74, 6) is -1.10. The number of hydrogen-bond acceptors (Lipinski definition) is 2. The second kappa shape index (κ2) is 3.85. The number of halogens is 1. The van der Waals surface area contributed by atoms with Gasteiger partial charge in [-0.05, 0) is 30.0 Å². The van der Waals surface area contributed by atoms with Crippen molar-refractivity contribution in [2.75, 3.05) is 0 Å². The molecule has 0 unspecified atom stereocenters. The third-order valence-electron chi connectivity index (χ3n) is 1.62. The molecule has 0 saturated heterocycles. The summed E-state index contributed by atoms with van der Waals surface area (Å²) in [6, 6.07) is 4.65. The molecule has 0 atom stereocenters. The second-order valence-corrected chi connectivity index (χ2v) is 2.71. The molecule has 0 radical (unpaired) electrons. The maximum absolute atomic E-state index is 12.9. The van der Waals surface area contributed by atoms with Crippen molar-refractivity contribution in [2.45, 2.75) is 6.92 Å². The molecule has 0 fully saturated rings. The highest BCUT2D eigenvalue weighted by Gasteiger charge is 1.95. The van der Waals surface area contributed by atoms with Gasteiger partial charge in [0, 0.05) is 0 Å². The highest BCUT2D eigenvalue weighted by atomic mass is 19.1. The molecule has 1 aromatic carbocycles. The molecule has 0 spiro atoms. The van der Waals surface area contributed by atoms with Crippen molar-refractivity contribution in [1.82, 2.24) is 0 Å². The van der Waals surface area contributed by atoms with Gasteiger partial charge in [-0.25, -0.2) is 4.39 Å². The molecule has 1 N–H and O–H groups in total. The number of rotatable bonds is 2. The molecule has 0 aliphatic rings. The highest BCUT2D eigenvalue weighted by molar-refractivity contribution is 5.85. The molecule has 0 aliphatic carbocycles. The first-order chi connectivity index (χ1) is 6.09. The maximum Gasteiger partial charge on any atom is 0.126 e. The van der Waals surface area contributed by atoms with E-state index >= 15 is 0 Å². The standard InChI is InChI=1S/C10H10FNO/c1-7-2-3-8(6-9(7)11)4-5-10(12)13/h2-6H,1H3,(H2,12,13)/p-1/b5-4+. The van der Waals surface area contributed by atoms with Crippen LogP contribution in [0.15, 0.2) is 24.3 Å². The number of aryl methyl sites for hydroxylation is 1. The van der Waals surface area contributed by atoms with Gasteiger partial charge in [0.1, 0.15) is 5.82 Å². The fourth-order valence-electron chi connectivity index (χ4n) is 0.885. The van der Waals surface area contributed by atoms with Crippen LogP contribution in [-0.4, -0.2) is 5.90 Å². The summed E-state index contributed by atoms with van der Waals surface area (Å²) in [5.41, 5.74) is 1.15. The van der Waals surface area contributed by atoms with E-state index in [0.717, 1.165) is 6.08 Å². The SMILES string of the molecule is Cc1ccc(/C=C/C(=N)[O-])cc1F. The molecule has 0 aromatic heterocycles. The lowest BCUT2D eigenvalue weighted by atomic mass is 10.1. The summed E-state index contributed by atoms with van der Waals surface area (Å²) in [7, 11) is 0. The molecule has 13 heavy (non-hydrogen) atoms. The van der Waals surface area contributed by atoms with Crippen molar-refractivity contribution in [1.29, 1.82) is 5.41 Å². The lowest BCUT2D eigenvalue weighted by molar-refractivity contribution is -0.213. The van der Waals surface area contributed by atoms with E-state index in [1.54, 1.807) is 19.1 Å². The Morgan fingerprint density at radius 2 is 2.23 bits per heavy atom. The zero-order valence-electron chi connectivity index (χ0n) is 7.17. The average Bonchev–Trinajstić information content (AvgIpc) is 2.07. The van der Waals surface area contributed by atoms with Crippen LogP contribution < -0.4 is 5.11 Å². The second-order valence-electron chi connectivity index (χ2n) is 2.71. The molecule has 68 valence electrons. The molecular formula is C10H9FNO-. The van der Waals surface area contributed by atoms with Gasteiger partial charge < -0.3 is 10.5 Å². The van der Waals surface area contributed by atoms with Crippen LogP contribution >= 0.6 is 0 Å². The Bertz CT molecular complexity index is 358. The van der Waals surface area contributed by atoms with E-state index in [4.69, 9.17) is 5.41 Å². The largest absolute Gasteiger partial charge is 0.859 e. The van der Waals surface area contributed by atoms with Crippen LogP contribution in [0.3, 0.4) is 0 Å². The molecule has 0 aliphatic heterocycles. The van der Waals surface area contributed by atoms with E-state index in [0.29, 0.717) is 11.1 Å². The van der Waals surface area contributed by atoms with E-state index < -0.39 is 5.90 Å². The molecular weight excluding hydrogens is 169 g/mol. The Balaban J connectivity index is 2.92. The van der Waals surface area contributed by atoms with E-state index in [-0.39, 0.29) is 5.82 Å². The molecule has 0 bridgehead atoms. The fourth-order valence-corrected chi connectivity index (χ4v) is 0.885. The first kappa shape index (κ1) is 9.45. The van der Waals surface area contributed by atoms with Crippen molar-refractivity contribution in [3.63, 3.8) is 0 Å². The zero-order valence-corrected chi connectivity index (χ0v) is 7.17. The minimum absolute atomic E-state index is 0.306. The Morgan fingerprint density at radius 3 is 2.77 bits per heavy atom. The lowest BCUT2D eigenvalue weighted by Gasteiger charge is -2.00. The van der Waals surface area contributed by atoms with Crippen molar-refractivity contribution >= 4 is 12.0 Å². The van der Waals surface area contributed by atoms with Gasteiger partial charge in [0.05, 0.1) is 0 Å². The lowest BCUT2D eigenvalue weighted by Crippen LogP contribution is -2.11. The topological polar surface area (TPSA) is 46.9 Å². The van der Waals surface area contributed by atoms with E-state index in [9.17, 15) is 9.50 Å². The van der Waals surface area contributed by atoms with Gasteiger partial charge in [-0.3, -0.25) is 0 Å². The number of nitrogens with one attached hydrogen (secondary N) is 1. The third kappa shape index (κ3) is 2.71. The quantitative estimate of drug-likeness (QED) is 0.541. The maximum atomic E-state index is 12.9. The third-order valence-corrected chi connectivity index (χ3v) is 1.62. The summed E-state index contributed by atoms with van der Waals surface area (Å²) >= 11 is 0. The van der Waals surface area contributed by atoms with Gasteiger partial charge in [-0.2, -0.15) is 0 Å². The number of hydrogen-bond donors (Lipinski definition) is 1. The van der Waals surface area contributed by atoms with Gasteiger partial charge in [-0.15, -0.1) is 0 Å². The van der Waals surface area contributed by atoms with Gasteiger partial charge in [0.25, 0.3) is 0 Å². The van der Waals surface area contributed by atoms with Gasteiger partial charge >= 0.3 is 0 Å². The Morgan fingerprint density at radius 1 is 1.54 bits per heavy atom. The summed E-state index contributed by atoms with van der Waals surface area (Å²) < 4.78 is 12.9. The predicted molar refractivity (Wildman–Crippen MR) is 47.9 cm³/mol. The van der Waals surface area contributed by atoms with Crippen LogP contribution in [0.5, 0.6) is 0 Å². The van der Waals surface area contributed by atoms with Crippen LogP contribution in [0.1, 0.15) is 11.1 Å². The summed E-state index contributed by atoms with van der Waals surface area (Å²) in [6.45, 7) is 1.67. The van der Waals surface area contributed by atoms with E-state index in [1.807, 2.05) is 0 Å². The van der Waals surface area contributed by atoms with Gasteiger partial charge in [-0.1, -0.05) is 24.3 Å². The Kier molecular flexibility index (Phi) is 2.80. The van der Waals surface area contributed by atoms with E-state index in [2.05, 4.69) is 0 Å². The Hall–Kier alpha value is -1.64.